The quantitative estimate of drug-likeness (QED) is 0.774. The van der Waals surface area contributed by atoms with Crippen LogP contribution in [0.15, 0.2) is 0 Å². The van der Waals surface area contributed by atoms with E-state index in [0.29, 0.717) is 13.0 Å². The minimum Gasteiger partial charge on any atom is -0.481 e. The highest BCUT2D eigenvalue weighted by Crippen LogP contribution is 2.20. The maximum absolute atomic E-state index is 11.7. The molecule has 1 amide bonds. The first-order chi connectivity index (χ1) is 8.00. The number of piperidine rings is 1. The van der Waals surface area contributed by atoms with Crippen LogP contribution in [0.3, 0.4) is 0 Å². The molecule has 1 N–H and O–H groups in total. The summed E-state index contributed by atoms with van der Waals surface area (Å²) in [6.45, 7) is 1.32. The van der Waals surface area contributed by atoms with Crippen molar-refractivity contribution in [2.45, 2.75) is 38.1 Å². The number of aliphatic carboxylic acids is 1. The summed E-state index contributed by atoms with van der Waals surface area (Å²) in [4.78, 5) is 26.0. The molecule has 0 aromatic carbocycles. The van der Waals surface area contributed by atoms with Crippen LogP contribution in [0.2, 0.25) is 0 Å². The van der Waals surface area contributed by atoms with Gasteiger partial charge in [-0.1, -0.05) is 6.42 Å². The van der Waals surface area contributed by atoms with E-state index in [0.717, 1.165) is 25.8 Å². The lowest BCUT2D eigenvalue weighted by molar-refractivity contribution is -0.137. The van der Waals surface area contributed by atoms with Gasteiger partial charge in [0.05, 0.1) is 6.54 Å². The number of hydrogen-bond donors (Lipinski definition) is 1. The van der Waals surface area contributed by atoms with E-state index in [4.69, 9.17) is 5.11 Å². The van der Waals surface area contributed by atoms with Crippen molar-refractivity contribution in [1.82, 2.24) is 9.80 Å². The molecular weight excluding hydrogens is 220 g/mol. The van der Waals surface area contributed by atoms with Gasteiger partial charge < -0.3 is 10.0 Å². The fourth-order valence-electron chi connectivity index (χ4n) is 2.20. The molecule has 1 heterocycles. The van der Waals surface area contributed by atoms with Crippen molar-refractivity contribution in [3.05, 3.63) is 0 Å². The molecule has 98 valence electrons. The van der Waals surface area contributed by atoms with Gasteiger partial charge in [0.15, 0.2) is 0 Å². The van der Waals surface area contributed by atoms with Crippen LogP contribution in [0.25, 0.3) is 0 Å². The van der Waals surface area contributed by atoms with Crippen LogP contribution in [0.1, 0.15) is 32.1 Å². The van der Waals surface area contributed by atoms with Crippen molar-refractivity contribution >= 4 is 11.9 Å². The lowest BCUT2D eigenvalue weighted by atomic mass is 9.98. The Hall–Kier alpha value is -1.10. The molecule has 0 spiro atoms. The highest BCUT2D eigenvalue weighted by atomic mass is 16.4. The van der Waals surface area contributed by atoms with Gasteiger partial charge in [-0.05, 0) is 25.8 Å². The molecule has 1 atom stereocenters. The average molecular weight is 242 g/mol. The van der Waals surface area contributed by atoms with Crippen LogP contribution in [0.4, 0.5) is 0 Å². The Kier molecular flexibility index (Phi) is 5.41. The topological polar surface area (TPSA) is 60.9 Å². The second kappa shape index (κ2) is 6.59. The number of hydrogen-bond acceptors (Lipinski definition) is 3. The summed E-state index contributed by atoms with van der Waals surface area (Å²) in [5.74, 6) is -0.665. The number of carboxylic acids is 1. The fraction of sp³-hybridized carbons (Fsp3) is 0.833. The molecule has 0 aromatic rings. The van der Waals surface area contributed by atoms with Crippen LogP contribution in [0.5, 0.6) is 0 Å². The Labute approximate surface area is 102 Å². The Morgan fingerprint density at radius 1 is 1.35 bits per heavy atom. The first kappa shape index (κ1) is 14.0. The number of carbonyl (C=O) groups is 2. The highest BCUT2D eigenvalue weighted by Gasteiger charge is 2.24. The van der Waals surface area contributed by atoms with E-state index in [9.17, 15) is 9.59 Å². The number of nitrogens with zero attached hydrogens (tertiary/aromatic N) is 2. The normalized spacial score (nSPS) is 21.2. The molecule has 5 heteroatoms. The molecule has 5 nitrogen and oxygen atoms in total. The van der Waals surface area contributed by atoms with Crippen molar-refractivity contribution in [2.24, 2.45) is 0 Å². The third-order valence-corrected chi connectivity index (χ3v) is 3.28. The van der Waals surface area contributed by atoms with Crippen molar-refractivity contribution < 1.29 is 14.7 Å². The molecule has 1 fully saturated rings. The lowest BCUT2D eigenvalue weighted by Crippen LogP contribution is -2.45. The summed E-state index contributed by atoms with van der Waals surface area (Å²) in [5, 5.41) is 8.71. The van der Waals surface area contributed by atoms with Crippen LogP contribution in [0, 0.1) is 0 Å². The zero-order chi connectivity index (χ0) is 12.8. The molecule has 0 saturated carbocycles. The predicted molar refractivity (Wildman–Crippen MR) is 64.8 cm³/mol. The van der Waals surface area contributed by atoms with E-state index in [1.54, 1.807) is 19.0 Å². The van der Waals surface area contributed by atoms with E-state index < -0.39 is 5.97 Å². The molecule has 0 aliphatic carbocycles. The van der Waals surface area contributed by atoms with E-state index in [1.807, 2.05) is 0 Å². The Bertz CT molecular complexity index is 279. The molecule has 0 aromatic heterocycles. The van der Waals surface area contributed by atoms with E-state index in [1.165, 1.54) is 0 Å². The molecule has 1 saturated heterocycles. The number of rotatable bonds is 5. The largest absolute Gasteiger partial charge is 0.481 e. The van der Waals surface area contributed by atoms with Gasteiger partial charge >= 0.3 is 5.97 Å². The number of likely N-dealkylation sites (tertiary alicyclic amines) is 1. The summed E-state index contributed by atoms with van der Waals surface area (Å²) in [7, 11) is 3.50. The van der Waals surface area contributed by atoms with Crippen molar-refractivity contribution in [1.29, 1.82) is 0 Å². The third-order valence-electron chi connectivity index (χ3n) is 3.28. The number of carboxylic acid groups (broad SMARTS) is 1. The van der Waals surface area contributed by atoms with Gasteiger partial charge in [-0.2, -0.15) is 0 Å². The molecule has 17 heavy (non-hydrogen) atoms. The van der Waals surface area contributed by atoms with Gasteiger partial charge in [-0.25, -0.2) is 0 Å². The number of carbonyl (C=O) groups excluding carboxylic acids is 1. The minimum absolute atomic E-state index is 0.0900. The van der Waals surface area contributed by atoms with Crippen molar-refractivity contribution in [3.63, 3.8) is 0 Å². The molecular formula is C12H22N2O3. The zero-order valence-electron chi connectivity index (χ0n) is 10.7. The zero-order valence-corrected chi connectivity index (χ0v) is 10.7. The smallest absolute Gasteiger partial charge is 0.303 e. The maximum Gasteiger partial charge on any atom is 0.303 e. The fourth-order valence-corrected chi connectivity index (χ4v) is 2.20. The van der Waals surface area contributed by atoms with Gasteiger partial charge in [0.25, 0.3) is 0 Å². The summed E-state index contributed by atoms with van der Waals surface area (Å²) in [6.07, 6.45) is 4.09. The molecule has 0 bridgehead atoms. The first-order valence-corrected chi connectivity index (χ1v) is 6.16. The van der Waals surface area contributed by atoms with Crippen LogP contribution in [-0.2, 0) is 9.59 Å². The molecule has 1 aliphatic heterocycles. The molecule has 0 radical (unpaired) electrons. The number of likely N-dealkylation sites (N-methyl/N-ethyl adjacent to an activating group) is 1. The molecule has 1 aliphatic rings. The molecule has 1 rings (SSSR count). The average Bonchev–Trinajstić information content (AvgIpc) is 2.27. The van der Waals surface area contributed by atoms with Crippen LogP contribution >= 0.6 is 0 Å². The summed E-state index contributed by atoms with van der Waals surface area (Å²) < 4.78 is 0. The standard InChI is InChI=1S/C12H22N2O3/c1-13(2)11(15)9-14-8-4-3-5-10(14)6-7-12(16)17/h10H,3-9H2,1-2H3,(H,16,17). The Morgan fingerprint density at radius 3 is 2.65 bits per heavy atom. The van der Waals surface area contributed by atoms with Gasteiger partial charge in [-0.15, -0.1) is 0 Å². The third kappa shape index (κ3) is 4.73. The number of amides is 1. The maximum atomic E-state index is 11.7. The van der Waals surface area contributed by atoms with Gasteiger partial charge in [0, 0.05) is 26.6 Å². The summed E-state index contributed by atoms with van der Waals surface area (Å²) >= 11 is 0. The first-order valence-electron chi connectivity index (χ1n) is 6.16. The van der Waals surface area contributed by atoms with E-state index in [-0.39, 0.29) is 18.4 Å². The van der Waals surface area contributed by atoms with E-state index >= 15 is 0 Å². The van der Waals surface area contributed by atoms with Gasteiger partial charge in [0.2, 0.25) is 5.91 Å². The van der Waals surface area contributed by atoms with Crippen LogP contribution in [-0.4, -0.2) is 60.0 Å². The van der Waals surface area contributed by atoms with Crippen molar-refractivity contribution in [3.8, 4) is 0 Å². The highest BCUT2D eigenvalue weighted by molar-refractivity contribution is 5.77. The SMILES string of the molecule is CN(C)C(=O)CN1CCCCC1CCC(=O)O. The minimum atomic E-state index is -0.755. The van der Waals surface area contributed by atoms with Gasteiger partial charge in [0.1, 0.15) is 0 Å². The second-order valence-corrected chi connectivity index (χ2v) is 4.84. The Balaban J connectivity index is 2.47. The van der Waals surface area contributed by atoms with Crippen LogP contribution < -0.4 is 0 Å². The lowest BCUT2D eigenvalue weighted by Gasteiger charge is -2.35. The van der Waals surface area contributed by atoms with E-state index in [2.05, 4.69) is 4.90 Å². The summed E-state index contributed by atoms with van der Waals surface area (Å²) in [6, 6.07) is 0.253. The Morgan fingerprint density at radius 2 is 2.06 bits per heavy atom. The van der Waals surface area contributed by atoms with Gasteiger partial charge in [-0.3, -0.25) is 14.5 Å². The summed E-state index contributed by atoms with van der Waals surface area (Å²) in [5.41, 5.74) is 0. The second-order valence-electron chi connectivity index (χ2n) is 4.84. The monoisotopic (exact) mass is 242 g/mol. The molecule has 1 unspecified atom stereocenters. The predicted octanol–water partition coefficient (Wildman–Crippen LogP) is 0.794. The van der Waals surface area contributed by atoms with Crippen molar-refractivity contribution in [2.75, 3.05) is 27.2 Å².